The van der Waals surface area contributed by atoms with E-state index in [0.717, 1.165) is 12.0 Å². The molecule has 0 saturated carbocycles. The first-order valence-corrected chi connectivity index (χ1v) is 9.15. The second kappa shape index (κ2) is 9.41. The van der Waals surface area contributed by atoms with E-state index in [2.05, 4.69) is 27.8 Å². The Morgan fingerprint density at radius 2 is 1.83 bits per heavy atom. The third kappa shape index (κ3) is 5.35. The molecule has 3 rings (SSSR count). The Bertz CT molecular complexity index is 1010. The molecule has 8 nitrogen and oxygen atoms in total. The van der Waals surface area contributed by atoms with Gasteiger partial charge in [0.15, 0.2) is 18.1 Å². The van der Waals surface area contributed by atoms with Crippen LogP contribution in [0.2, 0.25) is 0 Å². The molecule has 0 atom stereocenters. The maximum atomic E-state index is 12.7. The smallest absolute Gasteiger partial charge is 0.357 e. The van der Waals surface area contributed by atoms with Crippen molar-refractivity contribution in [2.45, 2.75) is 20.3 Å². The average molecular weight is 391 g/mol. The summed E-state index contributed by atoms with van der Waals surface area (Å²) >= 11 is 0. The van der Waals surface area contributed by atoms with E-state index in [1.165, 1.54) is 10.2 Å². The molecule has 148 valence electrons. The fourth-order valence-corrected chi connectivity index (χ4v) is 2.59. The largest absolute Gasteiger partial charge is 0.451 e. The van der Waals surface area contributed by atoms with Crippen molar-refractivity contribution in [3.05, 3.63) is 71.5 Å². The van der Waals surface area contributed by atoms with Gasteiger partial charge in [0.25, 0.3) is 5.91 Å². The van der Waals surface area contributed by atoms with E-state index in [0.29, 0.717) is 11.5 Å². The van der Waals surface area contributed by atoms with Gasteiger partial charge in [-0.05, 0) is 53.1 Å². The van der Waals surface area contributed by atoms with Crippen molar-refractivity contribution < 1.29 is 14.3 Å². The Labute approximate surface area is 168 Å². The quantitative estimate of drug-likeness (QED) is 0.491. The maximum absolute atomic E-state index is 12.7. The molecule has 0 aliphatic carbocycles. The summed E-state index contributed by atoms with van der Waals surface area (Å²) < 4.78 is 6.47. The van der Waals surface area contributed by atoms with Gasteiger partial charge in [0.2, 0.25) is 0 Å². The number of nitrogens with zero attached hydrogens (tertiary/aromatic N) is 4. The minimum atomic E-state index is -0.708. The summed E-state index contributed by atoms with van der Waals surface area (Å²) in [5, 5.41) is 13.9. The van der Waals surface area contributed by atoms with Gasteiger partial charge in [0, 0.05) is 5.69 Å². The SMILES string of the molecule is CCc1ccc(NC(=O)COC(=O)/C(=C/c2ccccc2)n2nnnc2C)cc1. The number of aromatic nitrogens is 4. The van der Waals surface area contributed by atoms with Gasteiger partial charge >= 0.3 is 5.97 Å². The van der Waals surface area contributed by atoms with Crippen molar-refractivity contribution in [2.24, 2.45) is 0 Å². The number of nitrogens with one attached hydrogen (secondary N) is 1. The van der Waals surface area contributed by atoms with Crippen molar-refractivity contribution in [1.82, 2.24) is 20.2 Å². The molecule has 0 bridgehead atoms. The molecule has 0 spiro atoms. The van der Waals surface area contributed by atoms with Crippen molar-refractivity contribution in [3.8, 4) is 0 Å². The monoisotopic (exact) mass is 391 g/mol. The van der Waals surface area contributed by atoms with E-state index in [1.807, 2.05) is 54.6 Å². The summed E-state index contributed by atoms with van der Waals surface area (Å²) in [6, 6.07) is 16.7. The topological polar surface area (TPSA) is 99.0 Å². The van der Waals surface area contributed by atoms with Gasteiger partial charge in [0.05, 0.1) is 0 Å². The first-order valence-electron chi connectivity index (χ1n) is 9.15. The number of esters is 1. The lowest BCUT2D eigenvalue weighted by molar-refractivity contribution is -0.141. The van der Waals surface area contributed by atoms with Crippen LogP contribution in [0.15, 0.2) is 54.6 Å². The molecule has 0 unspecified atom stereocenters. The molecule has 2 aromatic carbocycles. The molecule has 3 aromatic rings. The molecular formula is C21H21N5O3. The minimum Gasteiger partial charge on any atom is -0.451 e. The molecule has 0 aliphatic heterocycles. The van der Waals surface area contributed by atoms with Crippen molar-refractivity contribution in [1.29, 1.82) is 0 Å². The highest BCUT2D eigenvalue weighted by molar-refractivity contribution is 6.15. The molecule has 29 heavy (non-hydrogen) atoms. The van der Waals surface area contributed by atoms with Crippen molar-refractivity contribution in [2.75, 3.05) is 11.9 Å². The second-order valence-electron chi connectivity index (χ2n) is 6.25. The standard InChI is InChI=1S/C21H21N5O3/c1-3-16-9-11-18(12-10-16)22-20(27)14-29-21(28)19(26-15(2)23-24-25-26)13-17-7-5-4-6-8-17/h4-13H,3,14H2,1-2H3,(H,22,27)/b19-13-. The molecule has 0 saturated heterocycles. The van der Waals surface area contributed by atoms with Gasteiger partial charge in [-0.3, -0.25) is 4.79 Å². The summed E-state index contributed by atoms with van der Waals surface area (Å²) in [5.74, 6) is -0.722. The lowest BCUT2D eigenvalue weighted by atomic mass is 10.1. The molecule has 1 aromatic heterocycles. The van der Waals surface area contributed by atoms with Crippen LogP contribution < -0.4 is 5.32 Å². The number of carbonyl (C=O) groups is 2. The van der Waals surface area contributed by atoms with Crippen molar-refractivity contribution >= 4 is 29.3 Å². The predicted octanol–water partition coefficient (Wildman–Crippen LogP) is 2.72. The van der Waals surface area contributed by atoms with Gasteiger partial charge in [0.1, 0.15) is 0 Å². The zero-order valence-corrected chi connectivity index (χ0v) is 16.2. The molecule has 0 radical (unpaired) electrons. The molecule has 8 heteroatoms. The number of ether oxygens (including phenoxy) is 1. The van der Waals surface area contributed by atoms with Gasteiger partial charge in [-0.1, -0.05) is 49.4 Å². The predicted molar refractivity (Wildman–Crippen MR) is 109 cm³/mol. The first kappa shape index (κ1) is 19.9. The van der Waals surface area contributed by atoms with E-state index < -0.39 is 18.5 Å². The Morgan fingerprint density at radius 1 is 1.10 bits per heavy atom. The first-order chi connectivity index (χ1) is 14.1. The maximum Gasteiger partial charge on any atom is 0.357 e. The number of anilines is 1. The van der Waals surface area contributed by atoms with Crippen LogP contribution in [0.4, 0.5) is 5.69 Å². The van der Waals surface area contributed by atoms with E-state index in [-0.39, 0.29) is 5.70 Å². The van der Waals surface area contributed by atoms with Gasteiger partial charge < -0.3 is 10.1 Å². The third-order valence-electron chi connectivity index (χ3n) is 4.15. The lowest BCUT2D eigenvalue weighted by Gasteiger charge is -2.10. The van der Waals surface area contributed by atoms with Crippen LogP contribution in [0.5, 0.6) is 0 Å². The van der Waals surface area contributed by atoms with E-state index in [1.54, 1.807) is 13.0 Å². The fourth-order valence-electron chi connectivity index (χ4n) is 2.59. The number of tetrazole rings is 1. The van der Waals surface area contributed by atoms with Crippen LogP contribution in [0.25, 0.3) is 11.8 Å². The summed E-state index contributed by atoms with van der Waals surface area (Å²) in [6.45, 7) is 3.29. The summed E-state index contributed by atoms with van der Waals surface area (Å²) in [7, 11) is 0. The van der Waals surface area contributed by atoms with Crippen LogP contribution in [0.3, 0.4) is 0 Å². The molecule has 1 heterocycles. The number of carbonyl (C=O) groups excluding carboxylic acids is 2. The highest BCUT2D eigenvalue weighted by Gasteiger charge is 2.19. The third-order valence-corrected chi connectivity index (χ3v) is 4.15. The summed E-state index contributed by atoms with van der Waals surface area (Å²) in [4.78, 5) is 24.8. The number of amides is 1. The lowest BCUT2D eigenvalue weighted by Crippen LogP contribution is -2.23. The van der Waals surface area contributed by atoms with E-state index in [9.17, 15) is 9.59 Å². The van der Waals surface area contributed by atoms with Gasteiger partial charge in [-0.15, -0.1) is 5.10 Å². The zero-order chi connectivity index (χ0) is 20.6. The van der Waals surface area contributed by atoms with Crippen LogP contribution in [-0.2, 0) is 20.7 Å². The normalized spacial score (nSPS) is 11.2. The molecule has 0 aliphatic rings. The van der Waals surface area contributed by atoms with Crippen LogP contribution in [0.1, 0.15) is 23.9 Å². The van der Waals surface area contributed by atoms with Crippen LogP contribution >= 0.6 is 0 Å². The highest BCUT2D eigenvalue weighted by atomic mass is 16.5. The van der Waals surface area contributed by atoms with Gasteiger partial charge in [-0.2, -0.15) is 4.68 Å². The molecule has 0 fully saturated rings. The number of hydrogen-bond acceptors (Lipinski definition) is 6. The van der Waals surface area contributed by atoms with Crippen LogP contribution in [0, 0.1) is 6.92 Å². The fraction of sp³-hybridized carbons (Fsp3) is 0.190. The number of rotatable bonds is 7. The van der Waals surface area contributed by atoms with Crippen LogP contribution in [-0.4, -0.2) is 38.7 Å². The Balaban J connectivity index is 1.69. The summed E-state index contributed by atoms with van der Waals surface area (Å²) in [5.41, 5.74) is 2.69. The minimum absolute atomic E-state index is 0.110. The summed E-state index contributed by atoms with van der Waals surface area (Å²) in [6.07, 6.45) is 2.52. The highest BCUT2D eigenvalue weighted by Crippen LogP contribution is 2.14. The van der Waals surface area contributed by atoms with Crippen molar-refractivity contribution in [3.63, 3.8) is 0 Å². The van der Waals surface area contributed by atoms with E-state index >= 15 is 0 Å². The molecule has 1 N–H and O–H groups in total. The zero-order valence-electron chi connectivity index (χ0n) is 16.2. The Morgan fingerprint density at radius 3 is 2.45 bits per heavy atom. The van der Waals surface area contributed by atoms with Gasteiger partial charge in [-0.25, -0.2) is 4.79 Å². The Kier molecular flexibility index (Phi) is 6.47. The number of benzene rings is 2. The molecule has 1 amide bonds. The molecular weight excluding hydrogens is 370 g/mol. The number of hydrogen-bond donors (Lipinski definition) is 1. The number of aryl methyl sites for hydroxylation is 2. The van der Waals surface area contributed by atoms with E-state index in [4.69, 9.17) is 4.74 Å². The average Bonchev–Trinajstić information content (AvgIpc) is 3.17. The second-order valence-corrected chi connectivity index (χ2v) is 6.25. The Hall–Kier alpha value is -3.81.